The SMILES string of the molecule is COc1cc(-c2noc(CC(C)O)n2)ncn1. The molecule has 0 amide bonds. The Morgan fingerprint density at radius 1 is 1.47 bits per heavy atom. The number of aliphatic hydroxyl groups excluding tert-OH is 1. The molecule has 0 aliphatic rings. The van der Waals surface area contributed by atoms with E-state index in [4.69, 9.17) is 9.26 Å². The molecular weight excluding hydrogens is 224 g/mol. The molecule has 0 saturated carbocycles. The third kappa shape index (κ3) is 2.76. The van der Waals surface area contributed by atoms with Gasteiger partial charge in [0.15, 0.2) is 0 Å². The second-order valence-corrected chi connectivity index (χ2v) is 3.51. The lowest BCUT2D eigenvalue weighted by atomic mass is 10.3. The Morgan fingerprint density at radius 2 is 2.29 bits per heavy atom. The minimum absolute atomic E-state index is 0.315. The first-order chi connectivity index (χ1) is 8.19. The zero-order valence-electron chi connectivity index (χ0n) is 9.49. The molecule has 1 unspecified atom stereocenters. The molecule has 0 spiro atoms. The molecule has 17 heavy (non-hydrogen) atoms. The van der Waals surface area contributed by atoms with Crippen molar-refractivity contribution in [3.05, 3.63) is 18.3 Å². The van der Waals surface area contributed by atoms with E-state index in [0.717, 1.165) is 0 Å². The number of hydrogen-bond acceptors (Lipinski definition) is 7. The lowest BCUT2D eigenvalue weighted by molar-refractivity contribution is 0.181. The highest BCUT2D eigenvalue weighted by molar-refractivity contribution is 5.49. The highest BCUT2D eigenvalue weighted by Gasteiger charge is 2.12. The van der Waals surface area contributed by atoms with Gasteiger partial charge >= 0.3 is 0 Å². The van der Waals surface area contributed by atoms with Crippen LogP contribution in [0.25, 0.3) is 11.5 Å². The summed E-state index contributed by atoms with van der Waals surface area (Å²) >= 11 is 0. The van der Waals surface area contributed by atoms with Crippen LogP contribution in [0.5, 0.6) is 5.88 Å². The summed E-state index contributed by atoms with van der Waals surface area (Å²) in [5, 5.41) is 13.0. The van der Waals surface area contributed by atoms with Gasteiger partial charge in [0.05, 0.1) is 19.6 Å². The minimum Gasteiger partial charge on any atom is -0.481 e. The van der Waals surface area contributed by atoms with E-state index in [0.29, 0.717) is 29.7 Å². The van der Waals surface area contributed by atoms with Gasteiger partial charge in [0, 0.05) is 6.07 Å². The molecular formula is C10H12N4O3. The van der Waals surface area contributed by atoms with Crippen LogP contribution in [0.3, 0.4) is 0 Å². The molecule has 0 fully saturated rings. The molecule has 2 rings (SSSR count). The van der Waals surface area contributed by atoms with Crippen LogP contribution in [0.4, 0.5) is 0 Å². The van der Waals surface area contributed by atoms with Crippen LogP contribution in [0, 0.1) is 0 Å². The van der Waals surface area contributed by atoms with Gasteiger partial charge in [0.1, 0.15) is 12.0 Å². The van der Waals surface area contributed by atoms with Gasteiger partial charge in [0.2, 0.25) is 17.6 Å². The largest absolute Gasteiger partial charge is 0.481 e. The van der Waals surface area contributed by atoms with Crippen LogP contribution in [0.15, 0.2) is 16.9 Å². The molecule has 0 aliphatic carbocycles. The van der Waals surface area contributed by atoms with Crippen molar-refractivity contribution in [2.45, 2.75) is 19.4 Å². The maximum absolute atomic E-state index is 9.19. The summed E-state index contributed by atoms with van der Waals surface area (Å²) in [6, 6.07) is 1.61. The Labute approximate surface area is 97.5 Å². The lowest BCUT2D eigenvalue weighted by Crippen LogP contribution is -2.04. The van der Waals surface area contributed by atoms with Crippen molar-refractivity contribution in [1.29, 1.82) is 0 Å². The molecule has 2 aromatic rings. The molecule has 2 heterocycles. The Hall–Kier alpha value is -2.02. The molecule has 2 aromatic heterocycles. The van der Waals surface area contributed by atoms with Gasteiger partial charge in [-0.15, -0.1) is 0 Å². The highest BCUT2D eigenvalue weighted by atomic mass is 16.5. The van der Waals surface area contributed by atoms with E-state index in [1.807, 2.05) is 0 Å². The third-order valence-electron chi connectivity index (χ3n) is 2.02. The molecule has 1 atom stereocenters. The Morgan fingerprint density at radius 3 is 3.00 bits per heavy atom. The topological polar surface area (TPSA) is 94.2 Å². The first-order valence-corrected chi connectivity index (χ1v) is 5.06. The van der Waals surface area contributed by atoms with E-state index in [9.17, 15) is 5.11 Å². The van der Waals surface area contributed by atoms with E-state index in [-0.39, 0.29) is 0 Å². The van der Waals surface area contributed by atoms with Gasteiger partial charge in [-0.25, -0.2) is 9.97 Å². The van der Waals surface area contributed by atoms with Gasteiger partial charge < -0.3 is 14.4 Å². The van der Waals surface area contributed by atoms with Crippen LogP contribution in [0.2, 0.25) is 0 Å². The standard InChI is InChI=1S/C10H12N4O3/c1-6(15)3-9-13-10(14-17-9)7-4-8(16-2)12-5-11-7/h4-6,15H,3H2,1-2H3. The summed E-state index contributed by atoms with van der Waals surface area (Å²) in [5.41, 5.74) is 0.512. The normalized spacial score (nSPS) is 12.4. The van der Waals surface area contributed by atoms with Crippen molar-refractivity contribution in [3.63, 3.8) is 0 Å². The molecule has 0 aliphatic heterocycles. The Kier molecular flexibility index (Phi) is 3.29. The number of methoxy groups -OCH3 is 1. The van der Waals surface area contributed by atoms with E-state index in [2.05, 4.69) is 20.1 Å². The molecule has 0 saturated heterocycles. The molecule has 0 bridgehead atoms. The zero-order chi connectivity index (χ0) is 12.3. The van der Waals surface area contributed by atoms with Gasteiger partial charge in [-0.3, -0.25) is 0 Å². The molecule has 7 nitrogen and oxygen atoms in total. The van der Waals surface area contributed by atoms with Gasteiger partial charge in [-0.2, -0.15) is 4.98 Å². The number of aromatic nitrogens is 4. The van der Waals surface area contributed by atoms with Gasteiger partial charge in [-0.1, -0.05) is 5.16 Å². The van der Waals surface area contributed by atoms with Crippen molar-refractivity contribution in [2.24, 2.45) is 0 Å². The van der Waals surface area contributed by atoms with Gasteiger partial charge in [-0.05, 0) is 6.92 Å². The quantitative estimate of drug-likeness (QED) is 0.823. The summed E-state index contributed by atoms with van der Waals surface area (Å²) in [4.78, 5) is 12.0. The van der Waals surface area contributed by atoms with Crippen molar-refractivity contribution in [2.75, 3.05) is 7.11 Å². The van der Waals surface area contributed by atoms with E-state index < -0.39 is 6.10 Å². The number of hydrogen-bond donors (Lipinski definition) is 1. The predicted octanol–water partition coefficient (Wildman–Crippen LogP) is 0.458. The number of ether oxygens (including phenoxy) is 1. The summed E-state index contributed by atoms with van der Waals surface area (Å²) in [7, 11) is 1.52. The maximum Gasteiger partial charge on any atom is 0.229 e. The second kappa shape index (κ2) is 4.88. The molecule has 0 radical (unpaired) electrons. The van der Waals surface area contributed by atoms with Crippen LogP contribution in [-0.2, 0) is 6.42 Å². The smallest absolute Gasteiger partial charge is 0.229 e. The summed E-state index contributed by atoms with van der Waals surface area (Å²) in [6.45, 7) is 1.65. The fourth-order valence-corrected chi connectivity index (χ4v) is 1.27. The second-order valence-electron chi connectivity index (χ2n) is 3.51. The third-order valence-corrected chi connectivity index (χ3v) is 2.02. The maximum atomic E-state index is 9.19. The Bertz CT molecular complexity index is 498. The summed E-state index contributed by atoms with van der Waals surface area (Å²) in [5.74, 6) is 1.14. The van der Waals surface area contributed by atoms with Crippen molar-refractivity contribution in [3.8, 4) is 17.4 Å². The molecule has 0 aromatic carbocycles. The van der Waals surface area contributed by atoms with Crippen LogP contribution >= 0.6 is 0 Å². The van der Waals surface area contributed by atoms with Crippen molar-refractivity contribution >= 4 is 0 Å². The molecule has 7 heteroatoms. The number of rotatable bonds is 4. The molecule has 90 valence electrons. The fraction of sp³-hybridized carbons (Fsp3) is 0.400. The first-order valence-electron chi connectivity index (χ1n) is 5.06. The fourth-order valence-electron chi connectivity index (χ4n) is 1.27. The van der Waals surface area contributed by atoms with Crippen LogP contribution < -0.4 is 4.74 Å². The van der Waals surface area contributed by atoms with E-state index in [1.165, 1.54) is 13.4 Å². The summed E-state index contributed by atoms with van der Waals surface area (Å²) < 4.78 is 9.95. The summed E-state index contributed by atoms with van der Waals surface area (Å²) in [6.07, 6.45) is 1.15. The van der Waals surface area contributed by atoms with E-state index in [1.54, 1.807) is 13.0 Å². The van der Waals surface area contributed by atoms with Crippen LogP contribution in [-0.4, -0.2) is 38.4 Å². The first kappa shape index (κ1) is 11.5. The lowest BCUT2D eigenvalue weighted by Gasteiger charge is -1.98. The average molecular weight is 236 g/mol. The highest BCUT2D eigenvalue weighted by Crippen LogP contribution is 2.16. The van der Waals surface area contributed by atoms with E-state index >= 15 is 0 Å². The van der Waals surface area contributed by atoms with Crippen molar-refractivity contribution < 1.29 is 14.4 Å². The predicted molar refractivity (Wildman–Crippen MR) is 57.3 cm³/mol. The monoisotopic (exact) mass is 236 g/mol. The minimum atomic E-state index is -0.525. The van der Waals surface area contributed by atoms with Gasteiger partial charge in [0.25, 0.3) is 0 Å². The number of aliphatic hydroxyl groups is 1. The van der Waals surface area contributed by atoms with Crippen molar-refractivity contribution in [1.82, 2.24) is 20.1 Å². The Balaban J connectivity index is 2.24. The number of nitrogens with zero attached hydrogens (tertiary/aromatic N) is 4. The average Bonchev–Trinajstić information content (AvgIpc) is 2.77. The zero-order valence-corrected chi connectivity index (χ0v) is 9.49. The molecule has 1 N–H and O–H groups in total. The van der Waals surface area contributed by atoms with Crippen LogP contribution in [0.1, 0.15) is 12.8 Å².